The van der Waals surface area contributed by atoms with Crippen LogP contribution in [0, 0.1) is 3.57 Å². The zero-order valence-corrected chi connectivity index (χ0v) is 10.5. The van der Waals surface area contributed by atoms with Crippen molar-refractivity contribution in [2.45, 2.75) is 12.8 Å². The molecule has 7 heteroatoms. The second-order valence-electron chi connectivity index (χ2n) is 2.94. The molecule has 1 aromatic heterocycles. The Morgan fingerprint density at radius 3 is 2.81 bits per heavy atom. The number of carbonyl (C=O) groups is 1. The van der Waals surface area contributed by atoms with Gasteiger partial charge in [-0.25, -0.2) is 8.78 Å². The molecule has 88 valence electrons. The van der Waals surface area contributed by atoms with Gasteiger partial charge in [0.15, 0.2) is 0 Å². The van der Waals surface area contributed by atoms with Gasteiger partial charge in [0.1, 0.15) is 0 Å². The van der Waals surface area contributed by atoms with Crippen molar-refractivity contribution in [3.8, 4) is 0 Å². The summed E-state index contributed by atoms with van der Waals surface area (Å²) in [6.07, 6.45) is -1.77. The van der Waals surface area contributed by atoms with Crippen molar-refractivity contribution < 1.29 is 18.3 Å². The van der Waals surface area contributed by atoms with Gasteiger partial charge in [-0.15, -0.1) is 0 Å². The van der Waals surface area contributed by atoms with Crippen LogP contribution in [0.5, 0.6) is 0 Å². The molecule has 0 atom stereocenters. The van der Waals surface area contributed by atoms with Crippen LogP contribution in [0.25, 0.3) is 0 Å². The first-order valence-corrected chi connectivity index (χ1v) is 5.33. The number of nitrogens with two attached hydrogens (primary N) is 1. The zero-order chi connectivity index (χ0) is 12.3. The largest absolute Gasteiger partial charge is 0.469 e. The summed E-state index contributed by atoms with van der Waals surface area (Å²) < 4.78 is 29.7. The maximum Gasteiger partial charge on any atom is 0.311 e. The van der Waals surface area contributed by atoms with E-state index in [0.717, 1.165) is 6.20 Å². The number of hydrogen-bond donors (Lipinski definition) is 1. The Balaban J connectivity index is 3.07. The van der Waals surface area contributed by atoms with Crippen LogP contribution < -0.4 is 5.73 Å². The van der Waals surface area contributed by atoms with E-state index in [-0.39, 0.29) is 17.7 Å². The first-order valence-electron chi connectivity index (χ1n) is 4.25. The van der Waals surface area contributed by atoms with Crippen LogP contribution in [-0.4, -0.2) is 18.1 Å². The highest BCUT2D eigenvalue weighted by atomic mass is 127. The van der Waals surface area contributed by atoms with Crippen LogP contribution in [0.1, 0.15) is 17.7 Å². The lowest BCUT2D eigenvalue weighted by molar-refractivity contribution is -0.139. The summed E-state index contributed by atoms with van der Waals surface area (Å²) in [7, 11) is 1.24. The Morgan fingerprint density at radius 1 is 1.69 bits per heavy atom. The third kappa shape index (κ3) is 2.77. The van der Waals surface area contributed by atoms with Crippen molar-refractivity contribution in [3.63, 3.8) is 0 Å². The van der Waals surface area contributed by atoms with E-state index in [1.165, 1.54) is 7.11 Å². The van der Waals surface area contributed by atoms with Gasteiger partial charge in [-0.3, -0.25) is 9.78 Å². The van der Waals surface area contributed by atoms with Gasteiger partial charge in [-0.05, 0) is 22.6 Å². The van der Waals surface area contributed by atoms with Gasteiger partial charge in [0.25, 0.3) is 6.43 Å². The lowest BCUT2D eigenvalue weighted by Gasteiger charge is -2.09. The highest BCUT2D eigenvalue weighted by molar-refractivity contribution is 14.1. The summed E-state index contributed by atoms with van der Waals surface area (Å²) >= 11 is 1.78. The van der Waals surface area contributed by atoms with E-state index in [1.54, 1.807) is 22.6 Å². The standard InChI is InChI=1S/C9H9F2IN2O2/c1-16-6(15)2-5-7(12)8(13)4(3-14-5)9(10)11/h3,9H,2H2,1H3,(H2,13,14). The van der Waals surface area contributed by atoms with Crippen molar-refractivity contribution in [2.75, 3.05) is 12.8 Å². The summed E-state index contributed by atoms with van der Waals surface area (Å²) in [5, 5.41) is 0. The molecule has 1 heterocycles. The summed E-state index contributed by atoms with van der Waals surface area (Å²) in [6.45, 7) is 0. The molecular formula is C9H9F2IN2O2. The van der Waals surface area contributed by atoms with Crippen LogP contribution >= 0.6 is 22.6 Å². The number of pyridine rings is 1. The minimum atomic E-state index is -2.67. The lowest BCUT2D eigenvalue weighted by atomic mass is 10.2. The number of esters is 1. The summed E-state index contributed by atoms with van der Waals surface area (Å²) in [5.41, 5.74) is 5.51. The lowest BCUT2D eigenvalue weighted by Crippen LogP contribution is -2.10. The topological polar surface area (TPSA) is 65.2 Å². The molecule has 0 unspecified atom stereocenters. The molecular weight excluding hydrogens is 333 g/mol. The highest BCUT2D eigenvalue weighted by Gasteiger charge is 2.18. The molecule has 1 rings (SSSR count). The van der Waals surface area contributed by atoms with E-state index in [9.17, 15) is 13.6 Å². The number of hydrogen-bond acceptors (Lipinski definition) is 4. The maximum absolute atomic E-state index is 12.5. The minimum Gasteiger partial charge on any atom is -0.469 e. The monoisotopic (exact) mass is 342 g/mol. The number of methoxy groups -OCH3 is 1. The molecule has 0 radical (unpaired) electrons. The molecule has 0 bridgehead atoms. The van der Waals surface area contributed by atoms with Crippen molar-refractivity contribution in [1.29, 1.82) is 0 Å². The number of rotatable bonds is 3. The fourth-order valence-corrected chi connectivity index (χ4v) is 1.70. The quantitative estimate of drug-likeness (QED) is 0.673. The third-order valence-corrected chi connectivity index (χ3v) is 3.14. The van der Waals surface area contributed by atoms with Gasteiger partial charge < -0.3 is 10.5 Å². The maximum atomic E-state index is 12.5. The fourth-order valence-electron chi connectivity index (χ4n) is 1.06. The number of aromatic nitrogens is 1. The Morgan fingerprint density at radius 2 is 2.31 bits per heavy atom. The predicted molar refractivity (Wildman–Crippen MR) is 62.0 cm³/mol. The Hall–Kier alpha value is -0.990. The zero-order valence-electron chi connectivity index (χ0n) is 8.34. The summed E-state index contributed by atoms with van der Waals surface area (Å²) in [4.78, 5) is 14.8. The predicted octanol–water partition coefficient (Wildman–Crippen LogP) is 1.92. The number of carbonyl (C=O) groups excluding carboxylic acids is 1. The molecule has 0 spiro atoms. The molecule has 0 aromatic carbocycles. The molecule has 0 saturated heterocycles. The number of alkyl halides is 2. The Bertz CT molecular complexity index is 413. The molecule has 0 saturated carbocycles. The van der Waals surface area contributed by atoms with Gasteiger partial charge >= 0.3 is 5.97 Å². The Kier molecular flexibility index (Phi) is 4.39. The van der Waals surface area contributed by atoms with E-state index in [4.69, 9.17) is 5.73 Å². The first-order chi connectivity index (χ1) is 7.47. The molecule has 2 N–H and O–H groups in total. The van der Waals surface area contributed by atoms with Crippen molar-refractivity contribution in [1.82, 2.24) is 4.98 Å². The van der Waals surface area contributed by atoms with E-state index in [2.05, 4.69) is 9.72 Å². The van der Waals surface area contributed by atoms with Crippen LogP contribution in [0.4, 0.5) is 14.5 Å². The molecule has 0 fully saturated rings. The second kappa shape index (κ2) is 5.37. The highest BCUT2D eigenvalue weighted by Crippen LogP contribution is 2.29. The minimum absolute atomic E-state index is 0.0375. The van der Waals surface area contributed by atoms with Crippen molar-refractivity contribution in [3.05, 3.63) is 21.0 Å². The van der Waals surface area contributed by atoms with Crippen molar-refractivity contribution >= 4 is 34.2 Å². The number of ether oxygens (including phenoxy) is 1. The molecule has 16 heavy (non-hydrogen) atoms. The van der Waals surface area contributed by atoms with E-state index in [0.29, 0.717) is 9.26 Å². The van der Waals surface area contributed by atoms with Crippen LogP contribution in [-0.2, 0) is 16.0 Å². The number of nitrogens with zero attached hydrogens (tertiary/aromatic N) is 1. The number of nitrogen functional groups attached to an aromatic ring is 1. The van der Waals surface area contributed by atoms with Crippen LogP contribution in [0.15, 0.2) is 6.20 Å². The number of anilines is 1. The Labute approximate surface area is 104 Å². The molecule has 0 aliphatic heterocycles. The smallest absolute Gasteiger partial charge is 0.311 e. The molecule has 0 aliphatic rings. The molecule has 0 aliphatic carbocycles. The van der Waals surface area contributed by atoms with E-state index in [1.807, 2.05) is 0 Å². The fraction of sp³-hybridized carbons (Fsp3) is 0.333. The summed E-state index contributed by atoms with van der Waals surface area (Å²) in [6, 6.07) is 0. The molecule has 1 aromatic rings. The van der Waals surface area contributed by atoms with Gasteiger partial charge in [-0.2, -0.15) is 0 Å². The third-order valence-electron chi connectivity index (χ3n) is 1.93. The van der Waals surface area contributed by atoms with E-state index < -0.39 is 12.4 Å². The average molecular weight is 342 g/mol. The van der Waals surface area contributed by atoms with Crippen LogP contribution in [0.2, 0.25) is 0 Å². The van der Waals surface area contributed by atoms with Gasteiger partial charge in [0, 0.05) is 6.20 Å². The first kappa shape index (κ1) is 13.1. The second-order valence-corrected chi connectivity index (χ2v) is 4.02. The molecule has 4 nitrogen and oxygen atoms in total. The van der Waals surface area contributed by atoms with E-state index >= 15 is 0 Å². The normalized spacial score (nSPS) is 10.6. The van der Waals surface area contributed by atoms with Crippen molar-refractivity contribution in [2.24, 2.45) is 0 Å². The van der Waals surface area contributed by atoms with Gasteiger partial charge in [-0.1, -0.05) is 0 Å². The SMILES string of the molecule is COC(=O)Cc1ncc(C(F)F)c(N)c1I. The molecule has 0 amide bonds. The van der Waals surface area contributed by atoms with Gasteiger partial charge in [0.05, 0.1) is 34.0 Å². The summed E-state index contributed by atoms with van der Waals surface area (Å²) in [5.74, 6) is -0.491. The van der Waals surface area contributed by atoms with Crippen LogP contribution in [0.3, 0.4) is 0 Å². The number of halogens is 3. The van der Waals surface area contributed by atoms with Gasteiger partial charge in [0.2, 0.25) is 0 Å². The average Bonchev–Trinajstić information content (AvgIpc) is 2.24.